The number of nitrogens with one attached hydrogen (secondary N) is 1. The van der Waals surface area contributed by atoms with E-state index in [1.165, 1.54) is 12.1 Å². The highest BCUT2D eigenvalue weighted by Gasteiger charge is 2.16. The summed E-state index contributed by atoms with van der Waals surface area (Å²) in [6.45, 7) is 0.525. The maximum atomic E-state index is 11.6. The summed E-state index contributed by atoms with van der Waals surface area (Å²) in [7, 11) is -3.68. The Morgan fingerprint density at radius 1 is 1.04 bits per heavy atom. The fraction of sp³-hybridized carbons (Fsp3) is 0.188. The van der Waals surface area contributed by atoms with Crippen LogP contribution in [0.1, 0.15) is 17.2 Å². The number of benzene rings is 2. The average Bonchev–Trinajstić information content (AvgIpc) is 2.51. The van der Waals surface area contributed by atoms with Crippen LogP contribution in [0.4, 0.5) is 0 Å². The molecule has 1 amide bonds. The first-order chi connectivity index (χ1) is 10.9. The van der Waals surface area contributed by atoms with Gasteiger partial charge in [0.05, 0.1) is 4.90 Å². The lowest BCUT2D eigenvalue weighted by Crippen LogP contribution is -2.34. The molecule has 5 N–H and O–H groups in total. The van der Waals surface area contributed by atoms with Gasteiger partial charge in [-0.15, -0.1) is 0 Å². The van der Waals surface area contributed by atoms with E-state index in [9.17, 15) is 13.2 Å². The van der Waals surface area contributed by atoms with Crippen LogP contribution in [0.5, 0.6) is 0 Å². The maximum absolute atomic E-state index is 11.6. The third kappa shape index (κ3) is 4.88. The minimum atomic E-state index is -3.68. The number of amides is 1. The van der Waals surface area contributed by atoms with Gasteiger partial charge in [0.15, 0.2) is 0 Å². The molecule has 1 atom stereocenters. The maximum Gasteiger partial charge on any atom is 0.239 e. The molecule has 0 fully saturated rings. The van der Waals surface area contributed by atoms with Crippen molar-refractivity contribution >= 4 is 15.9 Å². The molecule has 0 saturated heterocycles. The fourth-order valence-corrected chi connectivity index (χ4v) is 2.75. The lowest BCUT2D eigenvalue weighted by atomic mass is 10.1. The van der Waals surface area contributed by atoms with Crippen LogP contribution < -0.4 is 16.2 Å². The molecule has 0 aliphatic heterocycles. The second-order valence-electron chi connectivity index (χ2n) is 5.14. The summed E-state index contributed by atoms with van der Waals surface area (Å²) >= 11 is 0. The molecule has 2 rings (SSSR count). The van der Waals surface area contributed by atoms with E-state index in [0.29, 0.717) is 13.0 Å². The van der Waals surface area contributed by atoms with Gasteiger partial charge < -0.3 is 11.1 Å². The number of primary sulfonamides is 1. The second kappa shape index (κ2) is 7.36. The molecule has 23 heavy (non-hydrogen) atoms. The number of nitrogens with two attached hydrogens (primary N) is 2. The van der Waals surface area contributed by atoms with Crippen LogP contribution in [0, 0.1) is 0 Å². The van der Waals surface area contributed by atoms with Gasteiger partial charge in [0, 0.05) is 6.54 Å². The molecule has 0 radical (unpaired) electrons. The highest BCUT2D eigenvalue weighted by atomic mass is 32.2. The van der Waals surface area contributed by atoms with Crippen LogP contribution in [0.2, 0.25) is 0 Å². The van der Waals surface area contributed by atoms with Crippen LogP contribution in [0.25, 0.3) is 0 Å². The molecule has 0 unspecified atom stereocenters. The van der Waals surface area contributed by atoms with Gasteiger partial charge in [-0.1, -0.05) is 42.5 Å². The van der Waals surface area contributed by atoms with Crippen molar-refractivity contribution in [3.63, 3.8) is 0 Å². The summed E-state index contributed by atoms with van der Waals surface area (Å²) in [5, 5.41) is 8.16. The fourth-order valence-electron chi connectivity index (χ4n) is 2.23. The first kappa shape index (κ1) is 17.1. The van der Waals surface area contributed by atoms with Crippen molar-refractivity contribution < 1.29 is 13.2 Å². The molecule has 7 heteroatoms. The Morgan fingerprint density at radius 3 is 2.17 bits per heavy atom. The summed E-state index contributed by atoms with van der Waals surface area (Å²) in [6, 6.07) is 15.0. The van der Waals surface area contributed by atoms with Gasteiger partial charge >= 0.3 is 0 Å². The summed E-state index contributed by atoms with van der Waals surface area (Å²) < 4.78 is 22.4. The van der Waals surface area contributed by atoms with Crippen LogP contribution in [-0.4, -0.2) is 20.9 Å². The van der Waals surface area contributed by atoms with E-state index in [1.54, 1.807) is 12.1 Å². The lowest BCUT2D eigenvalue weighted by Gasteiger charge is -2.15. The highest BCUT2D eigenvalue weighted by molar-refractivity contribution is 7.89. The van der Waals surface area contributed by atoms with Crippen LogP contribution >= 0.6 is 0 Å². The van der Waals surface area contributed by atoms with E-state index in [0.717, 1.165) is 11.1 Å². The molecule has 0 bridgehead atoms. The largest absolute Gasteiger partial charge is 0.368 e. The molecule has 0 spiro atoms. The van der Waals surface area contributed by atoms with Crippen LogP contribution in [0.3, 0.4) is 0 Å². The molecule has 2 aromatic rings. The lowest BCUT2D eigenvalue weighted by molar-refractivity contribution is -0.120. The van der Waals surface area contributed by atoms with Gasteiger partial charge in [0.1, 0.15) is 6.04 Å². The number of primary amides is 1. The molecule has 0 saturated carbocycles. The van der Waals surface area contributed by atoms with Crippen molar-refractivity contribution in [1.82, 2.24) is 5.32 Å². The Bertz CT molecular complexity index is 759. The Hall–Kier alpha value is -2.22. The molecular weight excluding hydrogens is 314 g/mol. The van der Waals surface area contributed by atoms with E-state index in [1.807, 2.05) is 30.3 Å². The number of hydrogen-bond donors (Lipinski definition) is 3. The van der Waals surface area contributed by atoms with Gasteiger partial charge in [-0.2, -0.15) is 0 Å². The first-order valence-electron chi connectivity index (χ1n) is 7.07. The van der Waals surface area contributed by atoms with E-state index >= 15 is 0 Å². The second-order valence-corrected chi connectivity index (χ2v) is 6.70. The van der Waals surface area contributed by atoms with Crippen molar-refractivity contribution in [2.45, 2.75) is 17.4 Å². The number of rotatable bonds is 7. The van der Waals surface area contributed by atoms with Crippen molar-refractivity contribution in [2.24, 2.45) is 10.9 Å². The molecule has 0 aromatic heterocycles. The third-order valence-corrected chi connectivity index (χ3v) is 4.36. The Labute approximate surface area is 135 Å². The van der Waals surface area contributed by atoms with Gasteiger partial charge in [0.25, 0.3) is 0 Å². The monoisotopic (exact) mass is 333 g/mol. The zero-order chi connectivity index (χ0) is 16.9. The SMILES string of the molecule is NC(=O)[C@@H](NCCc1ccc(S(N)(=O)=O)cc1)c1ccccc1. The predicted octanol–water partition coefficient (Wildman–Crippen LogP) is 0.693. The van der Waals surface area contributed by atoms with E-state index in [4.69, 9.17) is 10.9 Å². The zero-order valence-electron chi connectivity index (χ0n) is 12.5. The van der Waals surface area contributed by atoms with E-state index < -0.39 is 22.0 Å². The summed E-state index contributed by atoms with van der Waals surface area (Å²) in [4.78, 5) is 11.7. The van der Waals surface area contributed by atoms with Crippen LogP contribution in [-0.2, 0) is 21.2 Å². The Balaban J connectivity index is 1.96. The number of hydrogen-bond acceptors (Lipinski definition) is 4. The first-order valence-corrected chi connectivity index (χ1v) is 8.62. The zero-order valence-corrected chi connectivity index (χ0v) is 13.3. The summed E-state index contributed by atoms with van der Waals surface area (Å²) in [6.07, 6.45) is 0.627. The summed E-state index contributed by atoms with van der Waals surface area (Å²) in [5.41, 5.74) is 7.18. The highest BCUT2D eigenvalue weighted by Crippen LogP contribution is 2.13. The molecule has 122 valence electrons. The number of carbonyl (C=O) groups excluding carboxylic acids is 1. The minimum absolute atomic E-state index is 0.0773. The molecule has 0 aliphatic rings. The Kier molecular flexibility index (Phi) is 5.49. The molecule has 2 aromatic carbocycles. The normalized spacial score (nSPS) is 12.7. The topological polar surface area (TPSA) is 115 Å². The third-order valence-electron chi connectivity index (χ3n) is 3.43. The van der Waals surface area contributed by atoms with Crippen molar-refractivity contribution in [3.8, 4) is 0 Å². The summed E-state index contributed by atoms with van der Waals surface area (Å²) in [5.74, 6) is -0.444. The van der Waals surface area contributed by atoms with Crippen molar-refractivity contribution in [3.05, 3.63) is 65.7 Å². The molecule has 0 aliphatic carbocycles. The van der Waals surface area contributed by atoms with Crippen molar-refractivity contribution in [1.29, 1.82) is 0 Å². The smallest absolute Gasteiger partial charge is 0.239 e. The quantitative estimate of drug-likeness (QED) is 0.691. The minimum Gasteiger partial charge on any atom is -0.368 e. The van der Waals surface area contributed by atoms with E-state index in [2.05, 4.69) is 5.32 Å². The predicted molar refractivity (Wildman–Crippen MR) is 87.9 cm³/mol. The van der Waals surface area contributed by atoms with Gasteiger partial charge in [-0.25, -0.2) is 13.6 Å². The molecule has 0 heterocycles. The van der Waals surface area contributed by atoms with E-state index in [-0.39, 0.29) is 4.90 Å². The molecular formula is C16H19N3O3S. The van der Waals surface area contributed by atoms with Crippen molar-refractivity contribution in [2.75, 3.05) is 6.54 Å². The van der Waals surface area contributed by atoms with Gasteiger partial charge in [-0.05, 0) is 29.7 Å². The Morgan fingerprint density at radius 2 is 1.65 bits per heavy atom. The van der Waals surface area contributed by atoms with Gasteiger partial charge in [-0.3, -0.25) is 4.79 Å². The average molecular weight is 333 g/mol. The van der Waals surface area contributed by atoms with Crippen LogP contribution in [0.15, 0.2) is 59.5 Å². The molecule has 6 nitrogen and oxygen atoms in total. The standard InChI is InChI=1S/C16H19N3O3S/c17-16(20)15(13-4-2-1-3-5-13)19-11-10-12-6-8-14(9-7-12)23(18,21)22/h1-9,15,19H,10-11H2,(H2,17,20)(H2,18,21,22)/t15-/m0/s1. The van der Waals surface area contributed by atoms with Gasteiger partial charge in [0.2, 0.25) is 15.9 Å². The number of sulfonamides is 1. The number of carbonyl (C=O) groups is 1.